The van der Waals surface area contributed by atoms with Crippen LogP contribution in [0.2, 0.25) is 5.02 Å². The van der Waals surface area contributed by atoms with Crippen molar-refractivity contribution in [1.29, 1.82) is 0 Å². The molecule has 0 bridgehead atoms. The molecule has 0 radical (unpaired) electrons. The van der Waals surface area contributed by atoms with Gasteiger partial charge in [0.05, 0.1) is 12.1 Å². The first kappa shape index (κ1) is 24.0. The monoisotopic (exact) mass is 488 g/mol. The van der Waals surface area contributed by atoms with Gasteiger partial charge in [-0.3, -0.25) is 4.79 Å². The molecule has 35 heavy (non-hydrogen) atoms. The normalized spacial score (nSPS) is 10.3. The smallest absolute Gasteiger partial charge is 0.262 e. The van der Waals surface area contributed by atoms with Gasteiger partial charge >= 0.3 is 0 Å². The molecule has 0 aromatic heterocycles. The van der Waals surface area contributed by atoms with E-state index in [4.69, 9.17) is 25.8 Å². The van der Waals surface area contributed by atoms with Crippen molar-refractivity contribution in [1.82, 2.24) is 0 Å². The van der Waals surface area contributed by atoms with E-state index in [9.17, 15) is 4.79 Å². The summed E-state index contributed by atoms with van der Waals surface area (Å²) in [6.07, 6.45) is 0. The highest BCUT2D eigenvalue weighted by molar-refractivity contribution is 6.32. The van der Waals surface area contributed by atoms with Gasteiger partial charge < -0.3 is 24.8 Å². The zero-order valence-corrected chi connectivity index (χ0v) is 19.9. The lowest BCUT2D eigenvalue weighted by atomic mass is 10.2. The first-order valence-corrected chi connectivity index (χ1v) is 11.4. The van der Waals surface area contributed by atoms with Crippen LogP contribution in [-0.2, 0) is 11.3 Å². The number of carbonyl (C=O) groups excluding carboxylic acids is 1. The molecule has 0 aliphatic rings. The van der Waals surface area contributed by atoms with Crippen molar-refractivity contribution in [2.45, 2.75) is 6.54 Å². The third kappa shape index (κ3) is 7.16. The maximum Gasteiger partial charge on any atom is 0.262 e. The van der Waals surface area contributed by atoms with E-state index in [2.05, 4.69) is 10.6 Å². The van der Waals surface area contributed by atoms with Crippen LogP contribution in [0, 0.1) is 0 Å². The van der Waals surface area contributed by atoms with Gasteiger partial charge in [-0.25, -0.2) is 0 Å². The Balaban J connectivity index is 1.25. The fourth-order valence-electron chi connectivity index (χ4n) is 3.26. The molecule has 7 heteroatoms. The molecule has 0 saturated carbocycles. The highest BCUT2D eigenvalue weighted by atomic mass is 35.5. The van der Waals surface area contributed by atoms with Gasteiger partial charge in [-0.2, -0.15) is 0 Å². The lowest BCUT2D eigenvalue weighted by Gasteiger charge is -2.12. The molecule has 1 amide bonds. The number of benzene rings is 4. The molecule has 0 aliphatic heterocycles. The van der Waals surface area contributed by atoms with Gasteiger partial charge in [0.2, 0.25) is 0 Å². The minimum atomic E-state index is -0.281. The number of nitrogens with one attached hydrogen (secondary N) is 2. The topological polar surface area (TPSA) is 68.8 Å². The van der Waals surface area contributed by atoms with E-state index in [1.807, 2.05) is 66.7 Å². The lowest BCUT2D eigenvalue weighted by molar-refractivity contribution is -0.118. The Hall–Kier alpha value is -4.16. The minimum Gasteiger partial charge on any atom is -0.497 e. The quantitative estimate of drug-likeness (QED) is 0.258. The average molecular weight is 489 g/mol. The van der Waals surface area contributed by atoms with Gasteiger partial charge in [-0.15, -0.1) is 0 Å². The summed E-state index contributed by atoms with van der Waals surface area (Å²) in [6, 6.07) is 29.9. The van der Waals surface area contributed by atoms with Gasteiger partial charge in [0.15, 0.2) is 6.61 Å². The van der Waals surface area contributed by atoms with Crippen molar-refractivity contribution in [3.8, 4) is 23.0 Å². The number of carbonyl (C=O) groups is 1. The van der Waals surface area contributed by atoms with Crippen LogP contribution in [0.25, 0.3) is 0 Å². The van der Waals surface area contributed by atoms with Crippen molar-refractivity contribution < 1.29 is 19.0 Å². The van der Waals surface area contributed by atoms with Crippen LogP contribution in [0.1, 0.15) is 5.56 Å². The number of hydrogen-bond acceptors (Lipinski definition) is 5. The second-order valence-corrected chi connectivity index (χ2v) is 8.03. The molecule has 0 unspecified atom stereocenters. The largest absolute Gasteiger partial charge is 0.497 e. The average Bonchev–Trinajstić information content (AvgIpc) is 2.89. The molecule has 4 aromatic carbocycles. The van der Waals surface area contributed by atoms with Gasteiger partial charge in [-0.1, -0.05) is 35.9 Å². The zero-order chi connectivity index (χ0) is 24.5. The molecule has 0 saturated heterocycles. The van der Waals surface area contributed by atoms with E-state index in [1.165, 1.54) is 0 Å². The highest BCUT2D eigenvalue weighted by Crippen LogP contribution is 2.27. The Morgan fingerprint density at radius 2 is 1.46 bits per heavy atom. The van der Waals surface area contributed by atoms with Crippen LogP contribution in [0.15, 0.2) is 97.1 Å². The van der Waals surface area contributed by atoms with E-state index in [0.29, 0.717) is 23.0 Å². The second-order valence-electron chi connectivity index (χ2n) is 7.62. The second kappa shape index (κ2) is 11.8. The predicted octanol–water partition coefficient (Wildman–Crippen LogP) is 6.77. The maximum absolute atomic E-state index is 12.2. The lowest BCUT2D eigenvalue weighted by Crippen LogP contribution is -2.20. The Bertz CT molecular complexity index is 1250. The summed E-state index contributed by atoms with van der Waals surface area (Å²) >= 11 is 6.37. The number of methoxy groups -OCH3 is 1. The first-order chi connectivity index (χ1) is 17.1. The van der Waals surface area contributed by atoms with E-state index in [1.54, 1.807) is 37.4 Å². The Kier molecular flexibility index (Phi) is 8.09. The van der Waals surface area contributed by atoms with Gasteiger partial charge in [0.25, 0.3) is 5.91 Å². The summed E-state index contributed by atoms with van der Waals surface area (Å²) in [5.41, 5.74) is 2.60. The van der Waals surface area contributed by atoms with Crippen molar-refractivity contribution in [2.75, 3.05) is 24.4 Å². The number of anilines is 2. The third-order valence-electron chi connectivity index (χ3n) is 5.06. The molecular formula is C28H25ClN2O4. The number of ether oxygens (including phenoxy) is 3. The third-order valence-corrected chi connectivity index (χ3v) is 5.35. The summed E-state index contributed by atoms with van der Waals surface area (Å²) in [7, 11) is 1.59. The van der Waals surface area contributed by atoms with Crippen molar-refractivity contribution >= 4 is 28.9 Å². The highest BCUT2D eigenvalue weighted by Gasteiger charge is 2.08. The van der Waals surface area contributed by atoms with Crippen LogP contribution in [-0.4, -0.2) is 19.6 Å². The van der Waals surface area contributed by atoms with E-state index < -0.39 is 0 Å². The van der Waals surface area contributed by atoms with Crippen molar-refractivity contribution in [3.63, 3.8) is 0 Å². The zero-order valence-electron chi connectivity index (χ0n) is 19.2. The number of amides is 1. The van der Waals surface area contributed by atoms with Gasteiger partial charge in [-0.05, 0) is 78.4 Å². The van der Waals surface area contributed by atoms with Gasteiger partial charge in [0.1, 0.15) is 23.0 Å². The van der Waals surface area contributed by atoms with Crippen LogP contribution in [0.3, 0.4) is 0 Å². The molecule has 4 aromatic rings. The molecular weight excluding hydrogens is 464 g/mol. The summed E-state index contributed by atoms with van der Waals surface area (Å²) in [6.45, 7) is 0.428. The molecule has 0 atom stereocenters. The van der Waals surface area contributed by atoms with E-state index >= 15 is 0 Å². The molecule has 0 spiro atoms. The molecule has 0 aliphatic carbocycles. The predicted molar refractivity (Wildman–Crippen MR) is 139 cm³/mol. The molecule has 0 heterocycles. The summed E-state index contributed by atoms with van der Waals surface area (Å²) < 4.78 is 16.5. The molecule has 178 valence electrons. The number of halogens is 1. The molecule has 4 rings (SSSR count). The molecule has 0 fully saturated rings. The molecule has 6 nitrogen and oxygen atoms in total. The van der Waals surface area contributed by atoms with E-state index in [0.717, 1.165) is 28.5 Å². The maximum atomic E-state index is 12.2. The Morgan fingerprint density at radius 3 is 2.14 bits per heavy atom. The van der Waals surface area contributed by atoms with Crippen molar-refractivity contribution in [3.05, 3.63) is 108 Å². The van der Waals surface area contributed by atoms with E-state index in [-0.39, 0.29) is 12.5 Å². The fraction of sp³-hybridized carbons (Fsp3) is 0.107. The number of para-hydroxylation sites is 1. The summed E-state index contributed by atoms with van der Waals surface area (Å²) in [4.78, 5) is 12.2. The number of rotatable bonds is 10. The van der Waals surface area contributed by atoms with Crippen LogP contribution >= 0.6 is 11.6 Å². The van der Waals surface area contributed by atoms with Crippen LogP contribution < -0.4 is 24.8 Å². The Morgan fingerprint density at radius 1 is 0.800 bits per heavy atom. The number of hydrogen-bond donors (Lipinski definition) is 2. The molecule has 2 N–H and O–H groups in total. The van der Waals surface area contributed by atoms with Crippen molar-refractivity contribution in [2.24, 2.45) is 0 Å². The fourth-order valence-corrected chi connectivity index (χ4v) is 3.51. The standard InChI is InChI=1S/C28H25ClN2O4/c1-33-23-12-10-22(11-13-23)31-28(32)19-34-27-16-7-20(17-26(27)29)18-30-21-8-14-25(15-9-21)35-24-5-3-2-4-6-24/h2-17,30H,18-19H2,1H3,(H,31,32). The SMILES string of the molecule is COc1ccc(NC(=O)COc2ccc(CNc3ccc(Oc4ccccc4)cc3)cc2Cl)cc1. The van der Waals surface area contributed by atoms with Crippen LogP contribution in [0.5, 0.6) is 23.0 Å². The van der Waals surface area contributed by atoms with Gasteiger partial charge in [0, 0.05) is 17.9 Å². The minimum absolute atomic E-state index is 0.152. The summed E-state index contributed by atoms with van der Waals surface area (Å²) in [5.74, 6) is 2.44. The summed E-state index contributed by atoms with van der Waals surface area (Å²) in [5, 5.41) is 6.56. The van der Waals surface area contributed by atoms with Crippen LogP contribution in [0.4, 0.5) is 11.4 Å². The first-order valence-electron chi connectivity index (χ1n) is 11.0. The Labute approximate surface area is 209 Å².